The van der Waals surface area contributed by atoms with Gasteiger partial charge in [0, 0.05) is 0 Å². The number of hydrogen-bond acceptors (Lipinski definition) is 1. The van der Waals surface area contributed by atoms with E-state index >= 15 is 0 Å². The zero-order chi connectivity index (χ0) is 13.1. The van der Waals surface area contributed by atoms with Crippen LogP contribution in [0.1, 0.15) is 29.0 Å². The predicted octanol–water partition coefficient (Wildman–Crippen LogP) is 3.53. The summed E-state index contributed by atoms with van der Waals surface area (Å²) in [6.07, 6.45) is 3.57. The number of aryl methyl sites for hydroxylation is 1. The molecule has 0 spiro atoms. The van der Waals surface area contributed by atoms with Crippen molar-refractivity contribution in [1.29, 1.82) is 0 Å². The SMILES string of the molecule is NCC(Cc1ccccc1)C1CCc2ccccc21. The van der Waals surface area contributed by atoms with Crippen LogP contribution < -0.4 is 5.73 Å². The molecular weight excluding hydrogens is 230 g/mol. The second-order valence-corrected chi connectivity index (χ2v) is 5.53. The van der Waals surface area contributed by atoms with E-state index in [0.29, 0.717) is 11.8 Å². The van der Waals surface area contributed by atoms with Crippen LogP contribution in [0.5, 0.6) is 0 Å². The lowest BCUT2D eigenvalue weighted by atomic mass is 9.83. The quantitative estimate of drug-likeness (QED) is 0.883. The lowest BCUT2D eigenvalue weighted by molar-refractivity contribution is 0.426. The zero-order valence-electron chi connectivity index (χ0n) is 11.3. The molecular formula is C18H21N. The van der Waals surface area contributed by atoms with Crippen molar-refractivity contribution >= 4 is 0 Å². The van der Waals surface area contributed by atoms with Crippen LogP contribution in [0, 0.1) is 5.92 Å². The van der Waals surface area contributed by atoms with Gasteiger partial charge in [0.25, 0.3) is 0 Å². The van der Waals surface area contributed by atoms with E-state index in [1.54, 1.807) is 0 Å². The summed E-state index contributed by atoms with van der Waals surface area (Å²) in [5.74, 6) is 1.20. The van der Waals surface area contributed by atoms with Gasteiger partial charge in [-0.25, -0.2) is 0 Å². The summed E-state index contributed by atoms with van der Waals surface area (Å²) in [5.41, 5.74) is 10.5. The van der Waals surface area contributed by atoms with Crippen LogP contribution in [0.3, 0.4) is 0 Å². The second-order valence-electron chi connectivity index (χ2n) is 5.53. The normalized spacial score (nSPS) is 19.1. The Balaban J connectivity index is 1.81. The van der Waals surface area contributed by atoms with Gasteiger partial charge in [0.15, 0.2) is 0 Å². The van der Waals surface area contributed by atoms with Crippen LogP contribution in [0.4, 0.5) is 0 Å². The molecule has 3 rings (SSSR count). The average molecular weight is 251 g/mol. The Hall–Kier alpha value is -1.60. The summed E-state index contributed by atoms with van der Waals surface area (Å²) in [7, 11) is 0. The van der Waals surface area contributed by atoms with E-state index in [1.165, 1.54) is 29.5 Å². The number of fused-ring (bicyclic) bond motifs is 1. The standard InChI is InChI=1S/C18H21N/c19-13-16(12-14-6-2-1-3-7-14)18-11-10-15-8-4-5-9-17(15)18/h1-9,16,18H,10-13,19H2. The molecule has 0 aromatic heterocycles. The first kappa shape index (κ1) is 12.4. The summed E-state index contributed by atoms with van der Waals surface area (Å²) in [4.78, 5) is 0. The third kappa shape index (κ3) is 2.57. The summed E-state index contributed by atoms with van der Waals surface area (Å²) in [6, 6.07) is 19.6. The highest BCUT2D eigenvalue weighted by Gasteiger charge is 2.28. The van der Waals surface area contributed by atoms with Gasteiger partial charge in [0.2, 0.25) is 0 Å². The smallest absolute Gasteiger partial charge is 0.00398 e. The number of nitrogens with two attached hydrogens (primary N) is 1. The fourth-order valence-electron chi connectivity index (χ4n) is 3.39. The molecule has 1 heteroatoms. The summed E-state index contributed by atoms with van der Waals surface area (Å²) in [6.45, 7) is 0.772. The number of hydrogen-bond donors (Lipinski definition) is 1. The third-order valence-corrected chi connectivity index (χ3v) is 4.39. The monoisotopic (exact) mass is 251 g/mol. The minimum absolute atomic E-state index is 0.561. The Kier molecular flexibility index (Phi) is 3.65. The van der Waals surface area contributed by atoms with Crippen LogP contribution >= 0.6 is 0 Å². The Labute approximate surface area is 115 Å². The molecule has 2 N–H and O–H groups in total. The average Bonchev–Trinajstić information content (AvgIpc) is 2.90. The zero-order valence-corrected chi connectivity index (χ0v) is 11.3. The first-order valence-corrected chi connectivity index (χ1v) is 7.20. The Morgan fingerprint density at radius 3 is 2.53 bits per heavy atom. The Morgan fingerprint density at radius 1 is 1.00 bits per heavy atom. The minimum Gasteiger partial charge on any atom is -0.330 e. The second kappa shape index (κ2) is 5.58. The van der Waals surface area contributed by atoms with E-state index in [2.05, 4.69) is 54.6 Å². The molecule has 0 heterocycles. The van der Waals surface area contributed by atoms with Gasteiger partial charge in [0.05, 0.1) is 0 Å². The van der Waals surface area contributed by atoms with Gasteiger partial charge in [-0.15, -0.1) is 0 Å². The summed E-state index contributed by atoms with van der Waals surface area (Å²) in [5, 5.41) is 0. The van der Waals surface area contributed by atoms with Gasteiger partial charge in [-0.05, 0) is 54.3 Å². The summed E-state index contributed by atoms with van der Waals surface area (Å²) >= 11 is 0. The molecule has 1 aliphatic carbocycles. The van der Waals surface area contributed by atoms with Crippen LogP contribution in [-0.4, -0.2) is 6.54 Å². The topological polar surface area (TPSA) is 26.0 Å². The van der Waals surface area contributed by atoms with E-state index in [4.69, 9.17) is 5.73 Å². The largest absolute Gasteiger partial charge is 0.330 e. The van der Waals surface area contributed by atoms with Crippen molar-refractivity contribution in [2.24, 2.45) is 11.7 Å². The Bertz CT molecular complexity index is 532. The highest BCUT2D eigenvalue weighted by molar-refractivity contribution is 5.35. The van der Waals surface area contributed by atoms with Gasteiger partial charge in [0.1, 0.15) is 0 Å². The highest BCUT2D eigenvalue weighted by atomic mass is 14.6. The molecule has 0 bridgehead atoms. The van der Waals surface area contributed by atoms with Crippen LogP contribution in [-0.2, 0) is 12.8 Å². The molecule has 2 atom stereocenters. The van der Waals surface area contributed by atoms with Crippen molar-refractivity contribution in [2.75, 3.05) is 6.54 Å². The molecule has 0 fully saturated rings. The fraction of sp³-hybridized carbons (Fsp3) is 0.333. The Morgan fingerprint density at radius 2 is 1.74 bits per heavy atom. The highest BCUT2D eigenvalue weighted by Crippen LogP contribution is 2.39. The van der Waals surface area contributed by atoms with Crippen LogP contribution in [0.2, 0.25) is 0 Å². The maximum absolute atomic E-state index is 6.06. The summed E-state index contributed by atoms with van der Waals surface area (Å²) < 4.78 is 0. The lowest BCUT2D eigenvalue weighted by Crippen LogP contribution is -2.23. The molecule has 0 amide bonds. The fourth-order valence-corrected chi connectivity index (χ4v) is 3.39. The molecule has 0 saturated carbocycles. The first-order valence-electron chi connectivity index (χ1n) is 7.20. The van der Waals surface area contributed by atoms with Crippen LogP contribution in [0.25, 0.3) is 0 Å². The number of rotatable bonds is 4. The van der Waals surface area contributed by atoms with Gasteiger partial charge in [-0.3, -0.25) is 0 Å². The molecule has 0 radical (unpaired) electrons. The maximum atomic E-state index is 6.06. The molecule has 1 nitrogen and oxygen atoms in total. The van der Waals surface area contributed by atoms with E-state index in [1.807, 2.05) is 0 Å². The van der Waals surface area contributed by atoms with Crippen molar-refractivity contribution in [3.63, 3.8) is 0 Å². The molecule has 0 aliphatic heterocycles. The number of benzene rings is 2. The molecule has 2 aromatic carbocycles. The van der Waals surface area contributed by atoms with Crippen molar-refractivity contribution < 1.29 is 0 Å². The van der Waals surface area contributed by atoms with Gasteiger partial charge in [-0.1, -0.05) is 54.6 Å². The van der Waals surface area contributed by atoms with Gasteiger partial charge >= 0.3 is 0 Å². The van der Waals surface area contributed by atoms with E-state index in [9.17, 15) is 0 Å². The van der Waals surface area contributed by atoms with E-state index in [0.717, 1.165) is 13.0 Å². The molecule has 2 aromatic rings. The van der Waals surface area contributed by atoms with Crippen molar-refractivity contribution in [1.82, 2.24) is 0 Å². The third-order valence-electron chi connectivity index (χ3n) is 4.39. The van der Waals surface area contributed by atoms with E-state index in [-0.39, 0.29) is 0 Å². The first-order chi connectivity index (χ1) is 9.38. The molecule has 98 valence electrons. The van der Waals surface area contributed by atoms with E-state index < -0.39 is 0 Å². The van der Waals surface area contributed by atoms with Crippen molar-refractivity contribution in [3.8, 4) is 0 Å². The molecule has 0 saturated heterocycles. The molecule has 19 heavy (non-hydrogen) atoms. The van der Waals surface area contributed by atoms with Crippen LogP contribution in [0.15, 0.2) is 54.6 Å². The molecule has 2 unspecified atom stereocenters. The lowest BCUT2D eigenvalue weighted by Gasteiger charge is -2.23. The van der Waals surface area contributed by atoms with Crippen molar-refractivity contribution in [3.05, 3.63) is 71.3 Å². The van der Waals surface area contributed by atoms with Gasteiger partial charge in [-0.2, -0.15) is 0 Å². The minimum atomic E-state index is 0.561. The predicted molar refractivity (Wildman–Crippen MR) is 80.2 cm³/mol. The maximum Gasteiger partial charge on any atom is -0.00398 e. The van der Waals surface area contributed by atoms with Gasteiger partial charge < -0.3 is 5.73 Å². The molecule has 1 aliphatic rings. The van der Waals surface area contributed by atoms with Crippen molar-refractivity contribution in [2.45, 2.75) is 25.2 Å².